The smallest absolute Gasteiger partial charge is 0.0255 e. The van der Waals surface area contributed by atoms with Crippen molar-refractivity contribution < 1.29 is 0 Å². The first-order valence-corrected chi connectivity index (χ1v) is 9.80. The van der Waals surface area contributed by atoms with Crippen molar-refractivity contribution >= 4 is 0 Å². The van der Waals surface area contributed by atoms with Gasteiger partial charge in [0.05, 0.1) is 0 Å². The van der Waals surface area contributed by atoms with Crippen LogP contribution in [0.4, 0.5) is 0 Å². The van der Waals surface area contributed by atoms with Gasteiger partial charge in [-0.15, -0.1) is 0 Å². The van der Waals surface area contributed by atoms with E-state index in [1.165, 1.54) is 24.0 Å². The molecule has 26 heavy (non-hydrogen) atoms. The Morgan fingerprint density at radius 2 is 0.962 bits per heavy atom. The maximum absolute atomic E-state index is 3.13. The molecule has 0 radical (unpaired) electrons. The standard InChI is InChI=1S/C26H30/c1-5-21(3)19-25-15-11-23(12-16-25)9-7-8-10-24-13-17-26(18-14-24)20-22(4)6-2/h11-18,21-22H,5-6,19-20H2,1-4H3. The maximum Gasteiger partial charge on any atom is 0.0255 e. The minimum absolute atomic E-state index is 0.731. The van der Waals surface area contributed by atoms with Crippen molar-refractivity contribution in [1.29, 1.82) is 0 Å². The van der Waals surface area contributed by atoms with Crippen LogP contribution in [-0.2, 0) is 12.8 Å². The van der Waals surface area contributed by atoms with Crippen LogP contribution < -0.4 is 0 Å². The molecule has 0 aliphatic carbocycles. The predicted molar refractivity (Wildman–Crippen MR) is 113 cm³/mol. The molecule has 0 nitrogen and oxygen atoms in total. The molecule has 2 aromatic carbocycles. The Balaban J connectivity index is 1.94. The number of benzene rings is 2. The molecule has 0 aromatic heterocycles. The summed E-state index contributed by atoms with van der Waals surface area (Å²) in [6, 6.07) is 17.1. The molecule has 0 aliphatic rings. The van der Waals surface area contributed by atoms with E-state index in [9.17, 15) is 0 Å². The van der Waals surface area contributed by atoms with E-state index in [0.29, 0.717) is 0 Å². The van der Waals surface area contributed by atoms with E-state index in [4.69, 9.17) is 0 Å². The number of rotatable bonds is 6. The van der Waals surface area contributed by atoms with E-state index >= 15 is 0 Å². The Kier molecular flexibility index (Phi) is 8.05. The van der Waals surface area contributed by atoms with Crippen molar-refractivity contribution in [2.24, 2.45) is 11.8 Å². The predicted octanol–water partition coefficient (Wildman–Crippen LogP) is 6.27. The summed E-state index contributed by atoms with van der Waals surface area (Å²) in [5.74, 6) is 13.7. The normalized spacial score (nSPS) is 12.3. The molecule has 0 heterocycles. The second kappa shape index (κ2) is 10.5. The largest absolute Gasteiger partial charge is 0.0651 e. The van der Waals surface area contributed by atoms with Gasteiger partial charge in [0.2, 0.25) is 0 Å². The van der Waals surface area contributed by atoms with E-state index in [0.717, 1.165) is 35.8 Å². The average Bonchev–Trinajstić information content (AvgIpc) is 2.67. The molecule has 2 aromatic rings. The molecular formula is C26H30. The molecule has 0 heteroatoms. The van der Waals surface area contributed by atoms with E-state index in [-0.39, 0.29) is 0 Å². The molecule has 2 rings (SSSR count). The van der Waals surface area contributed by atoms with Gasteiger partial charge in [-0.05, 0) is 71.9 Å². The first-order chi connectivity index (χ1) is 12.6. The van der Waals surface area contributed by atoms with Crippen LogP contribution >= 0.6 is 0 Å². The van der Waals surface area contributed by atoms with Gasteiger partial charge in [0.15, 0.2) is 0 Å². The van der Waals surface area contributed by atoms with Crippen LogP contribution in [-0.4, -0.2) is 0 Å². The van der Waals surface area contributed by atoms with Crippen LogP contribution in [0.1, 0.15) is 62.8 Å². The minimum atomic E-state index is 0.731. The molecule has 0 saturated carbocycles. The van der Waals surface area contributed by atoms with Crippen molar-refractivity contribution in [2.75, 3.05) is 0 Å². The Hall–Kier alpha value is -2.44. The molecular weight excluding hydrogens is 312 g/mol. The summed E-state index contributed by atoms with van der Waals surface area (Å²) in [7, 11) is 0. The van der Waals surface area contributed by atoms with Gasteiger partial charge in [-0.2, -0.15) is 0 Å². The van der Waals surface area contributed by atoms with Crippen LogP contribution in [0, 0.1) is 35.5 Å². The lowest BCUT2D eigenvalue weighted by Gasteiger charge is -2.07. The Labute approximate surface area is 160 Å². The van der Waals surface area contributed by atoms with Gasteiger partial charge in [-0.25, -0.2) is 0 Å². The van der Waals surface area contributed by atoms with Gasteiger partial charge in [0, 0.05) is 11.1 Å². The Bertz CT molecular complexity index is 714. The quantitative estimate of drug-likeness (QED) is 0.543. The minimum Gasteiger partial charge on any atom is -0.0651 e. The van der Waals surface area contributed by atoms with Crippen molar-refractivity contribution in [2.45, 2.75) is 53.4 Å². The first-order valence-electron chi connectivity index (χ1n) is 9.80. The van der Waals surface area contributed by atoms with Gasteiger partial charge < -0.3 is 0 Å². The Morgan fingerprint density at radius 1 is 0.615 bits per heavy atom. The Morgan fingerprint density at radius 3 is 1.27 bits per heavy atom. The average molecular weight is 343 g/mol. The van der Waals surface area contributed by atoms with Crippen LogP contribution in [0.3, 0.4) is 0 Å². The molecule has 134 valence electrons. The van der Waals surface area contributed by atoms with Gasteiger partial charge in [0.1, 0.15) is 0 Å². The lowest BCUT2D eigenvalue weighted by atomic mass is 9.98. The zero-order valence-corrected chi connectivity index (χ0v) is 16.6. The highest BCUT2D eigenvalue weighted by atomic mass is 14.1. The highest BCUT2D eigenvalue weighted by Crippen LogP contribution is 2.13. The molecule has 0 fully saturated rings. The number of hydrogen-bond acceptors (Lipinski definition) is 0. The monoisotopic (exact) mass is 342 g/mol. The van der Waals surface area contributed by atoms with Crippen LogP contribution in [0.5, 0.6) is 0 Å². The van der Waals surface area contributed by atoms with Crippen LogP contribution in [0.15, 0.2) is 48.5 Å². The van der Waals surface area contributed by atoms with Gasteiger partial charge in [-0.3, -0.25) is 0 Å². The topological polar surface area (TPSA) is 0 Å². The highest BCUT2D eigenvalue weighted by Gasteiger charge is 2.01. The second-order valence-corrected chi connectivity index (χ2v) is 7.33. The fourth-order valence-corrected chi connectivity index (χ4v) is 2.75. The van der Waals surface area contributed by atoms with E-state index in [1.807, 2.05) is 0 Å². The summed E-state index contributed by atoms with van der Waals surface area (Å²) in [5, 5.41) is 0. The summed E-state index contributed by atoms with van der Waals surface area (Å²) in [4.78, 5) is 0. The summed E-state index contributed by atoms with van der Waals surface area (Å²) < 4.78 is 0. The first kappa shape index (κ1) is 19.9. The molecule has 0 saturated heterocycles. The highest BCUT2D eigenvalue weighted by molar-refractivity contribution is 5.45. The molecule has 0 bridgehead atoms. The second-order valence-electron chi connectivity index (χ2n) is 7.33. The zero-order valence-electron chi connectivity index (χ0n) is 16.6. The summed E-state index contributed by atoms with van der Waals surface area (Å²) in [5.41, 5.74) is 4.81. The third-order valence-corrected chi connectivity index (χ3v) is 4.95. The van der Waals surface area contributed by atoms with E-state index < -0.39 is 0 Å². The fraction of sp³-hybridized carbons (Fsp3) is 0.385. The van der Waals surface area contributed by atoms with Crippen molar-refractivity contribution in [3.05, 3.63) is 70.8 Å². The van der Waals surface area contributed by atoms with E-state index in [2.05, 4.69) is 99.9 Å². The summed E-state index contributed by atoms with van der Waals surface area (Å²) in [6.45, 7) is 9.06. The lowest BCUT2D eigenvalue weighted by molar-refractivity contribution is 0.560. The third-order valence-electron chi connectivity index (χ3n) is 4.95. The molecule has 0 aliphatic heterocycles. The van der Waals surface area contributed by atoms with Crippen molar-refractivity contribution in [3.63, 3.8) is 0 Å². The van der Waals surface area contributed by atoms with Gasteiger partial charge >= 0.3 is 0 Å². The molecule has 2 unspecified atom stereocenters. The summed E-state index contributed by atoms with van der Waals surface area (Å²) in [6.07, 6.45) is 4.71. The molecule has 0 spiro atoms. The van der Waals surface area contributed by atoms with Crippen molar-refractivity contribution in [1.82, 2.24) is 0 Å². The molecule has 2 atom stereocenters. The molecule has 0 N–H and O–H groups in total. The molecule has 0 amide bonds. The van der Waals surface area contributed by atoms with Crippen molar-refractivity contribution in [3.8, 4) is 23.7 Å². The van der Waals surface area contributed by atoms with E-state index in [1.54, 1.807) is 0 Å². The number of hydrogen-bond donors (Lipinski definition) is 0. The third kappa shape index (κ3) is 6.82. The van der Waals surface area contributed by atoms with Gasteiger partial charge in [0.25, 0.3) is 0 Å². The van der Waals surface area contributed by atoms with Crippen LogP contribution in [0.2, 0.25) is 0 Å². The SMILES string of the molecule is CCC(C)Cc1ccc(C#CC#Cc2ccc(CC(C)CC)cc2)cc1. The van der Waals surface area contributed by atoms with Crippen LogP contribution in [0.25, 0.3) is 0 Å². The van der Waals surface area contributed by atoms with Gasteiger partial charge in [-0.1, -0.05) is 76.6 Å². The lowest BCUT2D eigenvalue weighted by Crippen LogP contribution is -1.97. The maximum atomic E-state index is 3.13. The zero-order chi connectivity index (χ0) is 18.8. The summed E-state index contributed by atoms with van der Waals surface area (Å²) >= 11 is 0. The fourth-order valence-electron chi connectivity index (χ4n) is 2.75.